The highest BCUT2D eigenvalue weighted by Gasteiger charge is 2.04. The van der Waals surface area contributed by atoms with Crippen LogP contribution in [-0.4, -0.2) is 12.5 Å². The van der Waals surface area contributed by atoms with Gasteiger partial charge >= 0.3 is 0 Å². The Bertz CT molecular complexity index is 227. The summed E-state index contributed by atoms with van der Waals surface area (Å²) in [6.07, 6.45) is 4.74. The number of allylic oxidation sites excluding steroid dienone is 2. The fourth-order valence-electron chi connectivity index (χ4n) is 0.762. The number of rotatable bonds is 5. The van der Waals surface area contributed by atoms with E-state index in [1.165, 1.54) is 6.08 Å². The van der Waals surface area contributed by atoms with Crippen molar-refractivity contribution in [3.8, 4) is 0 Å². The summed E-state index contributed by atoms with van der Waals surface area (Å²) in [7, 11) is 0. The number of hydrogen-bond acceptors (Lipinski definition) is 1. The van der Waals surface area contributed by atoms with Crippen LogP contribution in [0.5, 0.6) is 0 Å². The van der Waals surface area contributed by atoms with Gasteiger partial charge in [0.1, 0.15) is 0 Å². The number of amides is 1. The van der Waals surface area contributed by atoms with Crippen molar-refractivity contribution in [3.05, 3.63) is 37.0 Å². The SMILES string of the molecule is C=C/C=C(\C=C)C(=O)NCC(C)C.CC. The Hall–Kier alpha value is -1.31. The Morgan fingerprint density at radius 3 is 2.20 bits per heavy atom. The third-order valence-electron chi connectivity index (χ3n) is 1.45. The average molecular weight is 209 g/mol. The molecule has 0 aliphatic rings. The van der Waals surface area contributed by atoms with E-state index in [1.807, 2.05) is 27.7 Å². The van der Waals surface area contributed by atoms with E-state index in [0.717, 1.165) is 0 Å². The van der Waals surface area contributed by atoms with E-state index in [0.29, 0.717) is 18.0 Å². The molecule has 0 saturated carbocycles. The molecule has 0 unspecified atom stereocenters. The van der Waals surface area contributed by atoms with Crippen LogP contribution in [0.25, 0.3) is 0 Å². The summed E-state index contributed by atoms with van der Waals surface area (Å²) >= 11 is 0. The van der Waals surface area contributed by atoms with Crippen LogP contribution in [0.3, 0.4) is 0 Å². The summed E-state index contributed by atoms with van der Waals surface area (Å²) < 4.78 is 0. The number of hydrogen-bond donors (Lipinski definition) is 1. The zero-order valence-electron chi connectivity index (χ0n) is 10.3. The van der Waals surface area contributed by atoms with E-state index in [1.54, 1.807) is 12.2 Å². The van der Waals surface area contributed by atoms with Gasteiger partial charge in [0.15, 0.2) is 0 Å². The lowest BCUT2D eigenvalue weighted by atomic mass is 10.2. The highest BCUT2D eigenvalue weighted by molar-refractivity contribution is 5.96. The molecule has 0 fully saturated rings. The van der Waals surface area contributed by atoms with Gasteiger partial charge in [0, 0.05) is 12.1 Å². The molecule has 1 N–H and O–H groups in total. The minimum Gasteiger partial charge on any atom is -0.352 e. The van der Waals surface area contributed by atoms with Gasteiger partial charge in [-0.3, -0.25) is 4.79 Å². The van der Waals surface area contributed by atoms with Crippen LogP contribution in [-0.2, 0) is 4.79 Å². The third-order valence-corrected chi connectivity index (χ3v) is 1.45. The van der Waals surface area contributed by atoms with Crippen LogP contribution in [0, 0.1) is 5.92 Å². The van der Waals surface area contributed by atoms with Crippen molar-refractivity contribution in [2.75, 3.05) is 6.54 Å². The van der Waals surface area contributed by atoms with Crippen LogP contribution in [0.2, 0.25) is 0 Å². The van der Waals surface area contributed by atoms with Gasteiger partial charge in [-0.15, -0.1) is 0 Å². The van der Waals surface area contributed by atoms with Gasteiger partial charge in [-0.1, -0.05) is 59.1 Å². The van der Waals surface area contributed by atoms with Crippen LogP contribution in [0.15, 0.2) is 37.0 Å². The van der Waals surface area contributed by atoms with Crippen LogP contribution in [0.1, 0.15) is 27.7 Å². The largest absolute Gasteiger partial charge is 0.352 e. The molecule has 2 nitrogen and oxygen atoms in total. The van der Waals surface area contributed by atoms with E-state index >= 15 is 0 Å². The number of carbonyl (C=O) groups excluding carboxylic acids is 1. The Kier molecular flexibility index (Phi) is 11.6. The quantitative estimate of drug-likeness (QED) is 0.547. The Labute approximate surface area is 93.8 Å². The van der Waals surface area contributed by atoms with Crippen LogP contribution < -0.4 is 5.32 Å². The molecule has 1 amide bonds. The number of nitrogens with one attached hydrogen (secondary N) is 1. The standard InChI is InChI=1S/C11H17NO.C2H6/c1-5-7-10(6-2)11(13)12-8-9(3)4;1-2/h5-7,9H,1-2,8H2,3-4H3,(H,12,13);1-2H3/b10-7+;. The first-order chi connectivity index (χ1) is 7.11. The van der Waals surface area contributed by atoms with E-state index in [-0.39, 0.29) is 5.91 Å². The second kappa shape index (κ2) is 10.8. The normalized spacial score (nSPS) is 10.1. The maximum absolute atomic E-state index is 11.4. The fourth-order valence-corrected chi connectivity index (χ4v) is 0.762. The summed E-state index contributed by atoms with van der Waals surface area (Å²) in [5.74, 6) is 0.363. The smallest absolute Gasteiger partial charge is 0.251 e. The Balaban J connectivity index is 0. The summed E-state index contributed by atoms with van der Waals surface area (Å²) in [4.78, 5) is 11.4. The third kappa shape index (κ3) is 9.01. The topological polar surface area (TPSA) is 29.1 Å². The average Bonchev–Trinajstić information content (AvgIpc) is 2.25. The van der Waals surface area contributed by atoms with Crippen molar-refractivity contribution >= 4 is 5.91 Å². The van der Waals surface area contributed by atoms with E-state index in [4.69, 9.17) is 0 Å². The van der Waals surface area contributed by atoms with Crippen molar-refractivity contribution in [1.82, 2.24) is 5.32 Å². The lowest BCUT2D eigenvalue weighted by Gasteiger charge is -2.07. The van der Waals surface area contributed by atoms with Crippen LogP contribution in [0.4, 0.5) is 0 Å². The van der Waals surface area contributed by atoms with Gasteiger partial charge in [-0.05, 0) is 5.92 Å². The molecular formula is C13H23NO. The molecule has 15 heavy (non-hydrogen) atoms. The molecule has 0 aromatic heterocycles. The molecule has 0 spiro atoms. The predicted molar refractivity (Wildman–Crippen MR) is 67.7 cm³/mol. The van der Waals surface area contributed by atoms with E-state index in [2.05, 4.69) is 18.5 Å². The van der Waals surface area contributed by atoms with Gasteiger partial charge in [0.2, 0.25) is 0 Å². The Morgan fingerprint density at radius 1 is 1.33 bits per heavy atom. The zero-order chi connectivity index (χ0) is 12.3. The molecule has 0 saturated heterocycles. The maximum Gasteiger partial charge on any atom is 0.251 e. The fraction of sp³-hybridized carbons (Fsp3) is 0.462. The maximum atomic E-state index is 11.4. The van der Waals surface area contributed by atoms with Gasteiger partial charge in [0.25, 0.3) is 5.91 Å². The molecule has 0 rings (SSSR count). The van der Waals surface area contributed by atoms with Crippen molar-refractivity contribution in [2.24, 2.45) is 5.92 Å². The first-order valence-electron chi connectivity index (χ1n) is 5.35. The number of carbonyl (C=O) groups is 1. The summed E-state index contributed by atoms with van der Waals surface area (Å²) in [5.41, 5.74) is 0.552. The first-order valence-corrected chi connectivity index (χ1v) is 5.35. The molecule has 0 radical (unpaired) electrons. The van der Waals surface area contributed by atoms with E-state index in [9.17, 15) is 4.79 Å². The minimum atomic E-state index is -0.0939. The summed E-state index contributed by atoms with van der Waals surface area (Å²) in [6, 6.07) is 0. The molecule has 0 atom stereocenters. The molecule has 0 aliphatic carbocycles. The summed E-state index contributed by atoms with van der Waals surface area (Å²) in [6.45, 7) is 15.8. The molecule has 86 valence electrons. The van der Waals surface area contributed by atoms with Crippen molar-refractivity contribution in [1.29, 1.82) is 0 Å². The highest BCUT2D eigenvalue weighted by Crippen LogP contribution is 1.97. The van der Waals surface area contributed by atoms with Gasteiger partial charge < -0.3 is 5.32 Å². The monoisotopic (exact) mass is 209 g/mol. The van der Waals surface area contributed by atoms with Gasteiger partial charge in [-0.2, -0.15) is 0 Å². The molecule has 0 aromatic rings. The van der Waals surface area contributed by atoms with Crippen LogP contribution >= 0.6 is 0 Å². The molecule has 0 aliphatic heterocycles. The summed E-state index contributed by atoms with van der Waals surface area (Å²) in [5, 5.41) is 2.79. The second-order valence-corrected chi connectivity index (χ2v) is 3.17. The highest BCUT2D eigenvalue weighted by atomic mass is 16.1. The zero-order valence-corrected chi connectivity index (χ0v) is 10.3. The molecule has 2 heteroatoms. The minimum absolute atomic E-state index is 0.0939. The lowest BCUT2D eigenvalue weighted by Crippen LogP contribution is -2.28. The Morgan fingerprint density at radius 2 is 1.87 bits per heavy atom. The lowest BCUT2D eigenvalue weighted by molar-refractivity contribution is -0.117. The first kappa shape index (κ1) is 16.1. The van der Waals surface area contributed by atoms with Gasteiger partial charge in [-0.25, -0.2) is 0 Å². The van der Waals surface area contributed by atoms with Crippen molar-refractivity contribution in [3.63, 3.8) is 0 Å². The molecule has 0 bridgehead atoms. The van der Waals surface area contributed by atoms with Gasteiger partial charge in [0.05, 0.1) is 0 Å². The van der Waals surface area contributed by atoms with E-state index < -0.39 is 0 Å². The predicted octanol–water partition coefficient (Wildman–Crippen LogP) is 3.08. The molecular weight excluding hydrogens is 186 g/mol. The second-order valence-electron chi connectivity index (χ2n) is 3.17. The van der Waals surface area contributed by atoms with Crippen molar-refractivity contribution in [2.45, 2.75) is 27.7 Å². The molecule has 0 aromatic carbocycles. The molecule has 0 heterocycles. The van der Waals surface area contributed by atoms with Crippen molar-refractivity contribution < 1.29 is 4.79 Å².